The van der Waals surface area contributed by atoms with Gasteiger partial charge in [-0.25, -0.2) is 0 Å². The van der Waals surface area contributed by atoms with E-state index in [-0.39, 0.29) is 17.9 Å². The van der Waals surface area contributed by atoms with Gasteiger partial charge < -0.3 is 10.2 Å². The second-order valence-corrected chi connectivity index (χ2v) is 7.07. The number of thioether (sulfide) groups is 1. The first-order valence-electron chi connectivity index (χ1n) is 7.55. The average Bonchev–Trinajstić information content (AvgIpc) is 3.19. The standard InChI is InChI=1S/C16H19ClN2O2S/c1-22-11-6-7-13(17)12(9-11)16(21)19-8-2-3-14(19)15(20)18-10-4-5-10/h6-7,9-10,14H,2-5,8H2,1H3,(H,18,20)/t14-/m0/s1. The van der Waals surface area contributed by atoms with Crippen LogP contribution in [0.4, 0.5) is 0 Å². The molecule has 4 nitrogen and oxygen atoms in total. The summed E-state index contributed by atoms with van der Waals surface area (Å²) in [6, 6.07) is 5.40. The van der Waals surface area contributed by atoms with Crippen LogP contribution in [0.15, 0.2) is 23.1 Å². The average molecular weight is 339 g/mol. The van der Waals surface area contributed by atoms with Gasteiger partial charge in [0.1, 0.15) is 6.04 Å². The summed E-state index contributed by atoms with van der Waals surface area (Å²) >= 11 is 7.76. The molecule has 0 spiro atoms. The van der Waals surface area contributed by atoms with Crippen molar-refractivity contribution in [2.75, 3.05) is 12.8 Å². The molecule has 0 aromatic heterocycles. The van der Waals surface area contributed by atoms with Gasteiger partial charge in [0.2, 0.25) is 5.91 Å². The number of carbonyl (C=O) groups excluding carboxylic acids is 2. The Hall–Kier alpha value is -1.20. The number of hydrogen-bond donors (Lipinski definition) is 1. The fourth-order valence-electron chi connectivity index (χ4n) is 2.76. The van der Waals surface area contributed by atoms with Crippen LogP contribution in [0.25, 0.3) is 0 Å². The van der Waals surface area contributed by atoms with Crippen molar-refractivity contribution < 1.29 is 9.59 Å². The number of rotatable bonds is 4. The second kappa shape index (κ2) is 6.50. The number of halogens is 1. The monoisotopic (exact) mass is 338 g/mol. The largest absolute Gasteiger partial charge is 0.352 e. The van der Waals surface area contributed by atoms with Crippen molar-refractivity contribution in [2.24, 2.45) is 0 Å². The van der Waals surface area contributed by atoms with E-state index >= 15 is 0 Å². The summed E-state index contributed by atoms with van der Waals surface area (Å²) in [6.07, 6.45) is 5.64. The van der Waals surface area contributed by atoms with Crippen LogP contribution in [0, 0.1) is 0 Å². The number of amides is 2. The highest BCUT2D eigenvalue weighted by atomic mass is 35.5. The van der Waals surface area contributed by atoms with Crippen LogP contribution in [0.1, 0.15) is 36.0 Å². The molecule has 1 aliphatic heterocycles. The van der Waals surface area contributed by atoms with Crippen molar-refractivity contribution in [2.45, 2.75) is 42.7 Å². The molecule has 2 fully saturated rings. The van der Waals surface area contributed by atoms with Crippen molar-refractivity contribution >= 4 is 35.2 Å². The van der Waals surface area contributed by atoms with Gasteiger partial charge in [-0.3, -0.25) is 9.59 Å². The molecule has 1 aromatic carbocycles. The Morgan fingerprint density at radius 3 is 2.77 bits per heavy atom. The van der Waals surface area contributed by atoms with Gasteiger partial charge in [0.25, 0.3) is 5.91 Å². The first kappa shape index (κ1) is 15.7. The van der Waals surface area contributed by atoms with E-state index in [0.717, 1.165) is 30.6 Å². The molecule has 1 saturated carbocycles. The zero-order chi connectivity index (χ0) is 15.7. The zero-order valence-electron chi connectivity index (χ0n) is 12.5. The number of likely N-dealkylation sites (tertiary alicyclic amines) is 1. The van der Waals surface area contributed by atoms with Crippen molar-refractivity contribution in [3.05, 3.63) is 28.8 Å². The molecule has 0 bridgehead atoms. The molecule has 2 aliphatic rings. The van der Waals surface area contributed by atoms with Crippen molar-refractivity contribution in [3.8, 4) is 0 Å². The highest BCUT2D eigenvalue weighted by molar-refractivity contribution is 7.98. The Balaban J connectivity index is 1.79. The quantitative estimate of drug-likeness (QED) is 0.859. The first-order chi connectivity index (χ1) is 10.6. The molecule has 1 aromatic rings. The van der Waals surface area contributed by atoms with Crippen LogP contribution >= 0.6 is 23.4 Å². The van der Waals surface area contributed by atoms with E-state index in [4.69, 9.17) is 11.6 Å². The lowest BCUT2D eigenvalue weighted by Gasteiger charge is -2.24. The summed E-state index contributed by atoms with van der Waals surface area (Å²) in [7, 11) is 0. The Morgan fingerprint density at radius 1 is 1.32 bits per heavy atom. The molecule has 118 valence electrons. The topological polar surface area (TPSA) is 49.4 Å². The van der Waals surface area contributed by atoms with Gasteiger partial charge in [0.05, 0.1) is 10.6 Å². The van der Waals surface area contributed by atoms with Crippen LogP contribution in [0.3, 0.4) is 0 Å². The number of hydrogen-bond acceptors (Lipinski definition) is 3. The van der Waals surface area contributed by atoms with Crippen molar-refractivity contribution in [3.63, 3.8) is 0 Å². The summed E-state index contributed by atoms with van der Waals surface area (Å²) in [6.45, 7) is 0.613. The van der Waals surface area contributed by atoms with Gasteiger partial charge in [0, 0.05) is 17.5 Å². The molecule has 1 saturated heterocycles. The van der Waals surface area contributed by atoms with Crippen LogP contribution in [-0.4, -0.2) is 41.6 Å². The third-order valence-corrected chi connectivity index (χ3v) is 5.20. The third kappa shape index (κ3) is 3.25. The fourth-order valence-corrected chi connectivity index (χ4v) is 3.40. The smallest absolute Gasteiger partial charge is 0.256 e. The number of nitrogens with one attached hydrogen (secondary N) is 1. The third-order valence-electron chi connectivity index (χ3n) is 4.14. The lowest BCUT2D eigenvalue weighted by atomic mass is 10.1. The Bertz CT molecular complexity index is 604. The molecular formula is C16H19ClN2O2S. The summed E-state index contributed by atoms with van der Waals surface area (Å²) in [5.74, 6) is -0.167. The van der Waals surface area contributed by atoms with Crippen molar-refractivity contribution in [1.82, 2.24) is 10.2 Å². The van der Waals surface area contributed by atoms with Crippen LogP contribution in [0.2, 0.25) is 5.02 Å². The minimum Gasteiger partial charge on any atom is -0.352 e. The van der Waals surface area contributed by atoms with E-state index < -0.39 is 0 Å². The molecule has 0 unspecified atom stereocenters. The fraction of sp³-hybridized carbons (Fsp3) is 0.500. The van der Waals surface area contributed by atoms with Crippen LogP contribution in [-0.2, 0) is 4.79 Å². The first-order valence-corrected chi connectivity index (χ1v) is 9.15. The Kier molecular flexibility index (Phi) is 4.64. The Labute approximate surface area is 139 Å². The minimum atomic E-state index is -0.359. The predicted octanol–water partition coefficient (Wildman–Crippen LogP) is 2.95. The maximum atomic E-state index is 12.8. The van der Waals surface area contributed by atoms with Gasteiger partial charge >= 0.3 is 0 Å². The Morgan fingerprint density at radius 2 is 2.09 bits per heavy atom. The van der Waals surface area contributed by atoms with Crippen molar-refractivity contribution in [1.29, 1.82) is 0 Å². The van der Waals surface area contributed by atoms with E-state index in [1.807, 2.05) is 18.4 Å². The summed E-state index contributed by atoms with van der Waals surface area (Å²) in [5.41, 5.74) is 0.486. The maximum absolute atomic E-state index is 12.8. The summed E-state index contributed by atoms with van der Waals surface area (Å²) < 4.78 is 0. The van der Waals surface area contributed by atoms with E-state index in [1.54, 1.807) is 22.7 Å². The van der Waals surface area contributed by atoms with Gasteiger partial charge in [-0.05, 0) is 50.1 Å². The summed E-state index contributed by atoms with van der Waals surface area (Å²) in [5, 5.41) is 3.44. The maximum Gasteiger partial charge on any atom is 0.256 e. The van der Waals surface area contributed by atoms with E-state index in [2.05, 4.69) is 5.32 Å². The van der Waals surface area contributed by atoms with Crippen LogP contribution in [0.5, 0.6) is 0 Å². The molecule has 22 heavy (non-hydrogen) atoms. The highest BCUT2D eigenvalue weighted by Crippen LogP contribution is 2.28. The SMILES string of the molecule is CSc1ccc(Cl)c(C(=O)N2CCC[C@H]2C(=O)NC2CC2)c1. The summed E-state index contributed by atoms with van der Waals surface area (Å²) in [4.78, 5) is 27.8. The van der Waals surface area contributed by atoms with Gasteiger partial charge in [-0.1, -0.05) is 11.6 Å². The number of carbonyl (C=O) groups is 2. The number of benzene rings is 1. The minimum absolute atomic E-state index is 0.0227. The zero-order valence-corrected chi connectivity index (χ0v) is 14.0. The molecule has 1 atom stereocenters. The van der Waals surface area contributed by atoms with E-state index in [1.165, 1.54) is 0 Å². The van der Waals surface area contributed by atoms with E-state index in [9.17, 15) is 9.59 Å². The number of nitrogens with zero attached hydrogens (tertiary/aromatic N) is 1. The normalized spacial score (nSPS) is 21.0. The van der Waals surface area contributed by atoms with E-state index in [0.29, 0.717) is 23.2 Å². The van der Waals surface area contributed by atoms with Gasteiger partial charge in [-0.15, -0.1) is 11.8 Å². The molecule has 1 N–H and O–H groups in total. The molecule has 6 heteroatoms. The molecule has 1 aliphatic carbocycles. The van der Waals surface area contributed by atoms with Crippen LogP contribution < -0.4 is 5.32 Å². The molecule has 1 heterocycles. The molecule has 2 amide bonds. The van der Waals surface area contributed by atoms with Gasteiger partial charge in [-0.2, -0.15) is 0 Å². The predicted molar refractivity (Wildman–Crippen MR) is 88.5 cm³/mol. The van der Waals surface area contributed by atoms with Gasteiger partial charge in [0.15, 0.2) is 0 Å². The molecule has 3 rings (SSSR count). The molecule has 0 radical (unpaired) electrons. The lowest BCUT2D eigenvalue weighted by Crippen LogP contribution is -2.46. The molecular weight excluding hydrogens is 320 g/mol. The lowest BCUT2D eigenvalue weighted by molar-refractivity contribution is -0.125. The second-order valence-electron chi connectivity index (χ2n) is 5.79. The highest BCUT2D eigenvalue weighted by Gasteiger charge is 2.37.